The van der Waals surface area contributed by atoms with E-state index < -0.39 is 0 Å². The van der Waals surface area contributed by atoms with Gasteiger partial charge in [0, 0.05) is 36.2 Å². The minimum absolute atomic E-state index is 0.0508. The first-order valence-corrected chi connectivity index (χ1v) is 7.42. The van der Waals surface area contributed by atoms with E-state index in [1.807, 2.05) is 24.3 Å². The lowest BCUT2D eigenvalue weighted by Gasteiger charge is -2.33. The van der Waals surface area contributed by atoms with Crippen LogP contribution in [0.3, 0.4) is 0 Å². The lowest BCUT2D eigenvalue weighted by molar-refractivity contribution is -0.119. The van der Waals surface area contributed by atoms with Gasteiger partial charge in [-0.2, -0.15) is 0 Å². The van der Waals surface area contributed by atoms with Crippen LogP contribution in [0.4, 0.5) is 10.5 Å². The van der Waals surface area contributed by atoms with Gasteiger partial charge in [0.1, 0.15) is 0 Å². The van der Waals surface area contributed by atoms with Crippen molar-refractivity contribution in [3.63, 3.8) is 0 Å². The summed E-state index contributed by atoms with van der Waals surface area (Å²) in [6.45, 7) is 2.78. The molecule has 0 spiro atoms. The van der Waals surface area contributed by atoms with E-state index in [0.717, 1.165) is 29.5 Å². The highest BCUT2D eigenvalue weighted by atomic mass is 79.9. The third-order valence-corrected chi connectivity index (χ3v) is 3.74. The van der Waals surface area contributed by atoms with Crippen LogP contribution < -0.4 is 10.6 Å². The maximum atomic E-state index is 12.2. The molecule has 1 aliphatic heterocycles. The van der Waals surface area contributed by atoms with Gasteiger partial charge in [-0.15, -0.1) is 0 Å². The molecule has 20 heavy (non-hydrogen) atoms. The lowest BCUT2D eigenvalue weighted by atomic mass is 10.1. The number of halogens is 1. The molecule has 0 radical (unpaired) electrons. The Bertz CT molecular complexity index is 490. The zero-order valence-electron chi connectivity index (χ0n) is 11.4. The van der Waals surface area contributed by atoms with Gasteiger partial charge in [-0.05, 0) is 37.1 Å². The third-order valence-electron chi connectivity index (χ3n) is 3.21. The van der Waals surface area contributed by atoms with E-state index in [-0.39, 0.29) is 18.0 Å². The molecule has 1 aromatic carbocycles. The molecule has 1 heterocycles. The van der Waals surface area contributed by atoms with Crippen LogP contribution in [-0.4, -0.2) is 36.0 Å². The van der Waals surface area contributed by atoms with Gasteiger partial charge in [0.05, 0.1) is 0 Å². The van der Waals surface area contributed by atoms with E-state index in [0.29, 0.717) is 6.54 Å². The number of urea groups is 1. The second-order valence-corrected chi connectivity index (χ2v) is 5.84. The van der Waals surface area contributed by atoms with Crippen LogP contribution in [0.2, 0.25) is 0 Å². The number of benzene rings is 1. The van der Waals surface area contributed by atoms with Crippen LogP contribution in [0.1, 0.15) is 19.8 Å². The summed E-state index contributed by atoms with van der Waals surface area (Å²) in [7, 11) is 0. The number of nitrogens with one attached hydrogen (secondary N) is 2. The van der Waals surface area contributed by atoms with Gasteiger partial charge < -0.3 is 15.5 Å². The zero-order chi connectivity index (χ0) is 14.5. The smallest absolute Gasteiger partial charge is 0.321 e. The summed E-state index contributed by atoms with van der Waals surface area (Å²) in [4.78, 5) is 25.0. The fraction of sp³-hybridized carbons (Fsp3) is 0.429. The Kier molecular flexibility index (Phi) is 5.00. The minimum Gasteiger partial charge on any atom is -0.352 e. The number of carbonyl (C=O) groups excluding carboxylic acids is 2. The number of carbonyl (C=O) groups is 2. The average Bonchev–Trinajstić information content (AvgIpc) is 2.41. The maximum Gasteiger partial charge on any atom is 0.321 e. The Balaban J connectivity index is 1.91. The maximum absolute atomic E-state index is 12.2. The molecule has 1 unspecified atom stereocenters. The monoisotopic (exact) mass is 339 g/mol. The summed E-state index contributed by atoms with van der Waals surface area (Å²) in [6.07, 6.45) is 1.82. The van der Waals surface area contributed by atoms with Gasteiger partial charge >= 0.3 is 6.03 Å². The highest BCUT2D eigenvalue weighted by Crippen LogP contribution is 2.16. The number of anilines is 1. The number of nitrogens with zero attached hydrogens (tertiary/aromatic N) is 1. The quantitative estimate of drug-likeness (QED) is 0.869. The molecule has 1 saturated heterocycles. The normalized spacial score (nSPS) is 18.5. The lowest BCUT2D eigenvalue weighted by Crippen LogP contribution is -2.50. The Morgan fingerprint density at radius 2 is 2.00 bits per heavy atom. The van der Waals surface area contributed by atoms with Crippen molar-refractivity contribution in [2.75, 3.05) is 18.4 Å². The summed E-state index contributed by atoms with van der Waals surface area (Å²) in [5.41, 5.74) is 0.764. The van der Waals surface area contributed by atoms with Crippen molar-refractivity contribution in [1.29, 1.82) is 0 Å². The van der Waals surface area contributed by atoms with Crippen LogP contribution in [-0.2, 0) is 4.79 Å². The number of hydrogen-bond donors (Lipinski definition) is 2. The van der Waals surface area contributed by atoms with Gasteiger partial charge in [-0.1, -0.05) is 15.9 Å². The first-order valence-electron chi connectivity index (χ1n) is 6.63. The molecule has 1 aliphatic rings. The molecule has 1 fully saturated rings. The molecule has 6 heteroatoms. The molecule has 0 saturated carbocycles. The summed E-state index contributed by atoms with van der Waals surface area (Å²) in [6, 6.07) is 7.38. The highest BCUT2D eigenvalue weighted by Gasteiger charge is 2.24. The van der Waals surface area contributed by atoms with Gasteiger partial charge in [0.25, 0.3) is 0 Å². The second-order valence-electron chi connectivity index (χ2n) is 4.92. The molecule has 3 amide bonds. The van der Waals surface area contributed by atoms with E-state index in [9.17, 15) is 9.59 Å². The number of hydrogen-bond acceptors (Lipinski definition) is 2. The van der Waals surface area contributed by atoms with E-state index in [4.69, 9.17) is 0 Å². The highest BCUT2D eigenvalue weighted by molar-refractivity contribution is 9.10. The molecule has 0 aliphatic carbocycles. The summed E-state index contributed by atoms with van der Waals surface area (Å²) >= 11 is 3.36. The molecule has 1 atom stereocenters. The molecule has 5 nitrogen and oxygen atoms in total. The summed E-state index contributed by atoms with van der Waals surface area (Å²) in [5.74, 6) is -0.0508. The second kappa shape index (κ2) is 6.74. The third kappa shape index (κ3) is 4.23. The molecule has 1 aromatic rings. The van der Waals surface area contributed by atoms with Gasteiger partial charge in [0.2, 0.25) is 5.91 Å². The Hall–Kier alpha value is -1.56. The molecular formula is C14H18BrN3O2. The SMILES string of the molecule is CC(=O)NC1CCCN(C(=O)Nc2ccc(Br)cc2)C1. The Morgan fingerprint density at radius 1 is 1.30 bits per heavy atom. The first kappa shape index (κ1) is 14.8. The summed E-state index contributed by atoms with van der Waals surface area (Å²) < 4.78 is 0.971. The predicted molar refractivity (Wildman–Crippen MR) is 81.6 cm³/mol. The predicted octanol–water partition coefficient (Wildman–Crippen LogP) is 2.58. The van der Waals surface area contributed by atoms with Gasteiger partial charge in [-0.25, -0.2) is 4.79 Å². The fourth-order valence-corrected chi connectivity index (χ4v) is 2.57. The summed E-state index contributed by atoms with van der Waals surface area (Å²) in [5, 5.41) is 5.74. The zero-order valence-corrected chi connectivity index (χ0v) is 12.9. The first-order chi connectivity index (χ1) is 9.54. The van der Waals surface area contributed by atoms with Crippen molar-refractivity contribution in [2.24, 2.45) is 0 Å². The number of likely N-dealkylation sites (tertiary alicyclic amines) is 1. The van der Waals surface area contributed by atoms with Crippen molar-refractivity contribution >= 4 is 33.6 Å². The minimum atomic E-state index is -0.123. The van der Waals surface area contributed by atoms with E-state index >= 15 is 0 Å². The molecule has 0 aromatic heterocycles. The molecule has 108 valence electrons. The van der Waals surface area contributed by atoms with Crippen molar-refractivity contribution in [3.05, 3.63) is 28.7 Å². The largest absolute Gasteiger partial charge is 0.352 e. The molecule has 2 rings (SSSR count). The molecular weight excluding hydrogens is 322 g/mol. The molecule has 2 N–H and O–H groups in total. The van der Waals surface area contributed by atoms with E-state index in [2.05, 4.69) is 26.6 Å². The van der Waals surface area contributed by atoms with Crippen LogP contribution in [0.15, 0.2) is 28.7 Å². The van der Waals surface area contributed by atoms with E-state index in [1.54, 1.807) is 4.90 Å². The van der Waals surface area contributed by atoms with Crippen LogP contribution >= 0.6 is 15.9 Å². The van der Waals surface area contributed by atoms with Crippen molar-refractivity contribution in [1.82, 2.24) is 10.2 Å². The van der Waals surface area contributed by atoms with Crippen molar-refractivity contribution in [2.45, 2.75) is 25.8 Å². The van der Waals surface area contributed by atoms with Crippen LogP contribution in [0.5, 0.6) is 0 Å². The number of piperidine rings is 1. The van der Waals surface area contributed by atoms with Crippen LogP contribution in [0, 0.1) is 0 Å². The molecule has 0 bridgehead atoms. The number of rotatable bonds is 2. The van der Waals surface area contributed by atoms with Crippen molar-refractivity contribution in [3.8, 4) is 0 Å². The topological polar surface area (TPSA) is 61.4 Å². The van der Waals surface area contributed by atoms with Crippen molar-refractivity contribution < 1.29 is 9.59 Å². The Labute approximate surface area is 126 Å². The van der Waals surface area contributed by atoms with E-state index in [1.165, 1.54) is 6.92 Å². The fourth-order valence-electron chi connectivity index (χ4n) is 2.30. The van der Waals surface area contributed by atoms with Crippen LogP contribution in [0.25, 0.3) is 0 Å². The Morgan fingerprint density at radius 3 is 2.65 bits per heavy atom. The van der Waals surface area contributed by atoms with Gasteiger partial charge in [-0.3, -0.25) is 4.79 Å². The average molecular weight is 340 g/mol. The standard InChI is InChI=1S/C14H18BrN3O2/c1-10(19)16-13-3-2-8-18(9-13)14(20)17-12-6-4-11(15)5-7-12/h4-7,13H,2-3,8-9H2,1H3,(H,16,19)(H,17,20). The number of amides is 3. The van der Waals surface area contributed by atoms with Gasteiger partial charge in [0.15, 0.2) is 0 Å².